The van der Waals surface area contributed by atoms with Gasteiger partial charge in [0.1, 0.15) is 0 Å². The summed E-state index contributed by atoms with van der Waals surface area (Å²) < 4.78 is 4.30. The lowest BCUT2D eigenvalue weighted by Crippen LogP contribution is -2.35. The van der Waals surface area contributed by atoms with E-state index in [1.807, 2.05) is 0 Å². The molecular weight excluding hydrogens is 174 g/mol. The highest BCUT2D eigenvalue weighted by atomic mass is 16.5. The summed E-state index contributed by atoms with van der Waals surface area (Å²) in [5, 5.41) is 8.81. The van der Waals surface area contributed by atoms with Crippen LogP contribution >= 0.6 is 0 Å². The van der Waals surface area contributed by atoms with Crippen molar-refractivity contribution in [3.63, 3.8) is 0 Å². The molecule has 0 radical (unpaired) electrons. The van der Waals surface area contributed by atoms with Gasteiger partial charge in [0.25, 0.3) is 0 Å². The van der Waals surface area contributed by atoms with Crippen molar-refractivity contribution in [2.45, 2.75) is 6.42 Å². The van der Waals surface area contributed by atoms with E-state index in [0.717, 1.165) is 6.42 Å². The summed E-state index contributed by atoms with van der Waals surface area (Å²) in [5.74, 6) is -1.34. The molecule has 1 fully saturated rings. The zero-order chi connectivity index (χ0) is 9.84. The maximum Gasteiger partial charge on any atom is 0.396 e. The summed E-state index contributed by atoms with van der Waals surface area (Å²) in [7, 11) is 1.18. The maximum absolute atomic E-state index is 11.2. The molecule has 1 heterocycles. The van der Waals surface area contributed by atoms with Gasteiger partial charge in [-0.05, 0) is 6.42 Å². The number of esters is 1. The van der Waals surface area contributed by atoms with Crippen molar-refractivity contribution in [1.29, 1.82) is 0 Å². The first-order chi connectivity index (χ1) is 6.19. The molecule has 1 amide bonds. The summed E-state index contributed by atoms with van der Waals surface area (Å²) in [6, 6.07) is 0. The SMILES string of the molecule is COC(=O)C(=O)N1CCC(CO)C1. The second-order valence-corrected chi connectivity index (χ2v) is 3.08. The average Bonchev–Trinajstić information content (AvgIpc) is 2.63. The van der Waals surface area contributed by atoms with E-state index in [2.05, 4.69) is 4.74 Å². The van der Waals surface area contributed by atoms with Crippen LogP contribution in [0.5, 0.6) is 0 Å². The van der Waals surface area contributed by atoms with E-state index in [1.54, 1.807) is 0 Å². The molecule has 74 valence electrons. The topological polar surface area (TPSA) is 66.8 Å². The highest BCUT2D eigenvalue weighted by Gasteiger charge is 2.29. The Morgan fingerprint density at radius 1 is 1.62 bits per heavy atom. The molecule has 5 heteroatoms. The average molecular weight is 187 g/mol. The number of amides is 1. The first-order valence-corrected chi connectivity index (χ1v) is 4.17. The van der Waals surface area contributed by atoms with E-state index >= 15 is 0 Å². The fourth-order valence-electron chi connectivity index (χ4n) is 1.38. The van der Waals surface area contributed by atoms with Crippen molar-refractivity contribution in [2.75, 3.05) is 26.8 Å². The van der Waals surface area contributed by atoms with Crippen LogP contribution in [0.1, 0.15) is 6.42 Å². The Bertz CT molecular complexity index is 216. The van der Waals surface area contributed by atoms with E-state index in [1.165, 1.54) is 12.0 Å². The number of carbonyl (C=O) groups is 2. The molecule has 1 N–H and O–H groups in total. The quantitative estimate of drug-likeness (QED) is 0.422. The molecular formula is C8H13NO4. The fraction of sp³-hybridized carbons (Fsp3) is 0.750. The standard InChI is InChI=1S/C8H13NO4/c1-13-8(12)7(11)9-3-2-6(4-9)5-10/h6,10H,2-5H2,1H3. The van der Waals surface area contributed by atoms with Crippen molar-refractivity contribution in [3.8, 4) is 0 Å². The Morgan fingerprint density at radius 3 is 2.77 bits per heavy atom. The monoisotopic (exact) mass is 187 g/mol. The summed E-state index contributed by atoms with van der Waals surface area (Å²) in [6.07, 6.45) is 0.749. The van der Waals surface area contributed by atoms with Gasteiger partial charge in [0.05, 0.1) is 7.11 Å². The summed E-state index contributed by atoms with van der Waals surface area (Å²) >= 11 is 0. The number of hydrogen-bond acceptors (Lipinski definition) is 4. The number of ether oxygens (including phenoxy) is 1. The lowest BCUT2D eigenvalue weighted by Gasteiger charge is -2.13. The molecule has 0 spiro atoms. The van der Waals surface area contributed by atoms with Gasteiger partial charge in [-0.15, -0.1) is 0 Å². The van der Waals surface area contributed by atoms with Crippen molar-refractivity contribution in [1.82, 2.24) is 4.90 Å². The van der Waals surface area contributed by atoms with E-state index in [-0.39, 0.29) is 12.5 Å². The van der Waals surface area contributed by atoms with Crippen molar-refractivity contribution < 1.29 is 19.4 Å². The number of likely N-dealkylation sites (tertiary alicyclic amines) is 1. The molecule has 0 aromatic heterocycles. The first kappa shape index (κ1) is 9.98. The summed E-state index contributed by atoms with van der Waals surface area (Å²) in [5.41, 5.74) is 0. The minimum atomic E-state index is -0.835. The highest BCUT2D eigenvalue weighted by molar-refractivity contribution is 6.32. The van der Waals surface area contributed by atoms with Crippen LogP contribution in [0.3, 0.4) is 0 Å². The minimum absolute atomic E-state index is 0.0605. The molecule has 1 aliphatic rings. The van der Waals surface area contributed by atoms with Gasteiger partial charge >= 0.3 is 11.9 Å². The van der Waals surface area contributed by atoms with Crippen molar-refractivity contribution >= 4 is 11.9 Å². The maximum atomic E-state index is 11.2. The Kier molecular flexibility index (Phi) is 3.25. The number of hydrogen-bond donors (Lipinski definition) is 1. The molecule has 1 unspecified atom stereocenters. The largest absolute Gasteiger partial charge is 0.462 e. The van der Waals surface area contributed by atoms with E-state index < -0.39 is 11.9 Å². The smallest absolute Gasteiger partial charge is 0.396 e. The molecule has 0 saturated carbocycles. The normalized spacial score (nSPS) is 21.7. The molecule has 5 nitrogen and oxygen atoms in total. The Balaban J connectivity index is 2.46. The summed E-state index contributed by atoms with van der Waals surface area (Å²) in [6.45, 7) is 1.04. The highest BCUT2D eigenvalue weighted by Crippen LogP contribution is 2.15. The molecule has 0 aromatic rings. The predicted octanol–water partition coefficient (Wildman–Crippen LogP) is -1.000. The molecule has 0 bridgehead atoms. The molecule has 0 aliphatic carbocycles. The van der Waals surface area contributed by atoms with Crippen molar-refractivity contribution in [3.05, 3.63) is 0 Å². The lowest BCUT2D eigenvalue weighted by atomic mass is 10.1. The van der Waals surface area contributed by atoms with Crippen LogP contribution in [-0.4, -0.2) is 48.7 Å². The van der Waals surface area contributed by atoms with E-state index in [4.69, 9.17) is 5.11 Å². The third kappa shape index (κ3) is 2.18. The van der Waals surface area contributed by atoms with Gasteiger partial charge in [0.2, 0.25) is 0 Å². The lowest BCUT2D eigenvalue weighted by molar-refractivity contribution is -0.157. The molecule has 1 saturated heterocycles. The van der Waals surface area contributed by atoms with Crippen LogP contribution in [0.2, 0.25) is 0 Å². The molecule has 1 aliphatic heterocycles. The van der Waals surface area contributed by atoms with Gasteiger partial charge in [-0.1, -0.05) is 0 Å². The van der Waals surface area contributed by atoms with Gasteiger partial charge < -0.3 is 14.7 Å². The van der Waals surface area contributed by atoms with Crippen LogP contribution in [0.15, 0.2) is 0 Å². The van der Waals surface area contributed by atoms with Crippen LogP contribution < -0.4 is 0 Å². The Morgan fingerprint density at radius 2 is 2.31 bits per heavy atom. The number of rotatable bonds is 1. The second-order valence-electron chi connectivity index (χ2n) is 3.08. The molecule has 1 atom stereocenters. The minimum Gasteiger partial charge on any atom is -0.462 e. The van der Waals surface area contributed by atoms with Crippen LogP contribution in [0.25, 0.3) is 0 Å². The zero-order valence-corrected chi connectivity index (χ0v) is 7.52. The van der Waals surface area contributed by atoms with Gasteiger partial charge in [-0.2, -0.15) is 0 Å². The summed E-state index contributed by atoms with van der Waals surface area (Å²) in [4.78, 5) is 23.4. The zero-order valence-electron chi connectivity index (χ0n) is 7.52. The van der Waals surface area contributed by atoms with Crippen LogP contribution in [0.4, 0.5) is 0 Å². The van der Waals surface area contributed by atoms with E-state index in [9.17, 15) is 9.59 Å². The second kappa shape index (κ2) is 4.23. The Hall–Kier alpha value is -1.10. The van der Waals surface area contributed by atoms with Crippen LogP contribution in [-0.2, 0) is 14.3 Å². The predicted molar refractivity (Wildman–Crippen MR) is 43.8 cm³/mol. The number of carbonyl (C=O) groups excluding carboxylic acids is 2. The third-order valence-corrected chi connectivity index (χ3v) is 2.19. The molecule has 0 aromatic carbocycles. The molecule has 1 rings (SSSR count). The number of methoxy groups -OCH3 is 1. The van der Waals surface area contributed by atoms with Gasteiger partial charge in [0, 0.05) is 25.6 Å². The van der Waals surface area contributed by atoms with Gasteiger partial charge in [-0.3, -0.25) is 4.79 Å². The number of nitrogens with zero attached hydrogens (tertiary/aromatic N) is 1. The fourth-order valence-corrected chi connectivity index (χ4v) is 1.38. The number of aliphatic hydroxyl groups is 1. The Labute approximate surface area is 76.3 Å². The first-order valence-electron chi connectivity index (χ1n) is 4.17. The van der Waals surface area contributed by atoms with Gasteiger partial charge in [-0.25, -0.2) is 4.79 Å². The number of aliphatic hydroxyl groups excluding tert-OH is 1. The van der Waals surface area contributed by atoms with Crippen molar-refractivity contribution in [2.24, 2.45) is 5.92 Å². The van der Waals surface area contributed by atoms with E-state index in [0.29, 0.717) is 13.1 Å². The van der Waals surface area contributed by atoms with Gasteiger partial charge in [0.15, 0.2) is 0 Å². The van der Waals surface area contributed by atoms with Crippen LogP contribution in [0, 0.1) is 5.92 Å². The third-order valence-electron chi connectivity index (χ3n) is 2.19. The molecule has 13 heavy (non-hydrogen) atoms.